The van der Waals surface area contributed by atoms with Gasteiger partial charge in [0, 0.05) is 32.7 Å². The number of guanidine groups is 1. The number of rotatable bonds is 7. The summed E-state index contributed by atoms with van der Waals surface area (Å²) in [5, 5.41) is 10.3. The van der Waals surface area contributed by atoms with Gasteiger partial charge in [0.1, 0.15) is 0 Å². The van der Waals surface area contributed by atoms with Gasteiger partial charge in [-0.25, -0.2) is 13.1 Å². The molecule has 0 unspecified atom stereocenters. The van der Waals surface area contributed by atoms with E-state index in [4.69, 9.17) is 0 Å². The van der Waals surface area contributed by atoms with Crippen LogP contribution >= 0.6 is 35.3 Å². The number of piperidine rings is 1. The molecule has 1 aromatic heterocycles. The maximum absolute atomic E-state index is 11.6. The molecule has 3 rings (SSSR count). The molecule has 1 saturated heterocycles. The molecule has 0 atom stereocenters. The second kappa shape index (κ2) is 11.9. The minimum atomic E-state index is -3.25. The van der Waals surface area contributed by atoms with E-state index in [1.165, 1.54) is 12.0 Å². The highest BCUT2D eigenvalue weighted by molar-refractivity contribution is 14.0. The van der Waals surface area contributed by atoms with Crippen LogP contribution in [-0.2, 0) is 22.3 Å². The van der Waals surface area contributed by atoms with Crippen LogP contribution in [0.2, 0.25) is 0 Å². The van der Waals surface area contributed by atoms with Crippen molar-refractivity contribution in [1.82, 2.24) is 15.4 Å². The molecular weight excluding hydrogens is 533 g/mol. The first-order valence-corrected chi connectivity index (χ1v) is 12.3. The van der Waals surface area contributed by atoms with E-state index in [1.54, 1.807) is 18.4 Å². The molecule has 3 N–H and O–H groups in total. The Morgan fingerprint density at radius 1 is 1.17 bits per heavy atom. The first-order chi connectivity index (χ1) is 14.0. The number of hydrogen-bond acceptors (Lipinski definition) is 5. The molecule has 30 heavy (non-hydrogen) atoms. The number of nitrogens with one attached hydrogen (secondary N) is 3. The minimum Gasteiger partial charge on any atom is -0.363 e. The highest BCUT2D eigenvalue weighted by Crippen LogP contribution is 2.24. The van der Waals surface area contributed by atoms with Gasteiger partial charge in [-0.3, -0.25) is 4.99 Å². The first kappa shape index (κ1) is 24.9. The monoisotopic (exact) mass is 563 g/mol. The molecule has 0 aliphatic carbocycles. The van der Waals surface area contributed by atoms with E-state index >= 15 is 0 Å². The zero-order chi connectivity index (χ0) is 20.7. The van der Waals surface area contributed by atoms with Crippen molar-refractivity contribution in [3.63, 3.8) is 0 Å². The van der Waals surface area contributed by atoms with E-state index in [0.717, 1.165) is 43.0 Å². The second-order valence-corrected chi connectivity index (χ2v) is 9.91. The maximum atomic E-state index is 11.6. The normalized spacial score (nSPS) is 15.5. The first-order valence-electron chi connectivity index (χ1n) is 9.74. The van der Waals surface area contributed by atoms with E-state index in [-0.39, 0.29) is 29.7 Å². The van der Waals surface area contributed by atoms with E-state index in [2.05, 4.69) is 42.8 Å². The molecule has 0 saturated carbocycles. The zero-order valence-corrected chi connectivity index (χ0v) is 21.3. The van der Waals surface area contributed by atoms with Crippen LogP contribution < -0.4 is 20.3 Å². The topological polar surface area (TPSA) is 85.8 Å². The van der Waals surface area contributed by atoms with E-state index in [0.29, 0.717) is 12.6 Å². The lowest BCUT2D eigenvalue weighted by atomic mass is 10.1. The molecule has 2 heterocycles. The molecule has 1 aliphatic heterocycles. The van der Waals surface area contributed by atoms with E-state index in [1.807, 2.05) is 24.3 Å². The van der Waals surface area contributed by atoms with Crippen molar-refractivity contribution in [3.8, 4) is 0 Å². The second-order valence-electron chi connectivity index (χ2n) is 7.06. The Morgan fingerprint density at radius 3 is 2.40 bits per heavy atom. The summed E-state index contributed by atoms with van der Waals surface area (Å²) in [5.74, 6) is 0.784. The Kier molecular flexibility index (Phi) is 9.85. The number of aliphatic imine (C=N–C) groups is 1. The van der Waals surface area contributed by atoms with Crippen LogP contribution in [0, 0.1) is 0 Å². The van der Waals surface area contributed by atoms with Gasteiger partial charge < -0.3 is 15.5 Å². The molecular formula is C20H30IN5O2S2. The molecule has 0 amide bonds. The Hall–Kier alpha value is -1.37. The number of thiophene rings is 1. The van der Waals surface area contributed by atoms with Crippen molar-refractivity contribution >= 4 is 56.3 Å². The van der Waals surface area contributed by atoms with Crippen molar-refractivity contribution in [2.45, 2.75) is 31.2 Å². The molecule has 10 heteroatoms. The molecule has 1 aliphatic rings. The fourth-order valence-corrected chi connectivity index (χ4v) is 4.87. The number of nitrogens with zero attached hydrogens (tertiary/aromatic N) is 2. The minimum absolute atomic E-state index is 0. The number of benzene rings is 1. The zero-order valence-electron chi connectivity index (χ0n) is 17.3. The summed E-state index contributed by atoms with van der Waals surface area (Å²) < 4.78 is 25.6. The predicted molar refractivity (Wildman–Crippen MR) is 136 cm³/mol. The molecule has 0 bridgehead atoms. The van der Waals surface area contributed by atoms with Crippen LogP contribution in [0.1, 0.15) is 24.0 Å². The fourth-order valence-electron chi connectivity index (χ4n) is 3.31. The van der Waals surface area contributed by atoms with Crippen molar-refractivity contribution in [1.29, 1.82) is 0 Å². The lowest BCUT2D eigenvalue weighted by Crippen LogP contribution is -2.48. The van der Waals surface area contributed by atoms with Gasteiger partial charge in [-0.15, -0.1) is 35.3 Å². The number of sulfonamides is 1. The van der Waals surface area contributed by atoms with E-state index in [9.17, 15) is 8.42 Å². The molecule has 1 aromatic carbocycles. The molecule has 1 fully saturated rings. The highest BCUT2D eigenvalue weighted by Gasteiger charge is 2.20. The van der Waals surface area contributed by atoms with Gasteiger partial charge in [-0.2, -0.15) is 0 Å². The molecule has 166 valence electrons. The third kappa shape index (κ3) is 7.40. The highest BCUT2D eigenvalue weighted by atomic mass is 127. The van der Waals surface area contributed by atoms with Crippen LogP contribution in [0.3, 0.4) is 0 Å². The summed E-state index contributed by atoms with van der Waals surface area (Å²) in [6.07, 6.45) is 2.15. The lowest BCUT2D eigenvalue weighted by Gasteiger charge is -2.33. The largest absolute Gasteiger partial charge is 0.363 e. The summed E-state index contributed by atoms with van der Waals surface area (Å²) in [4.78, 5) is 6.78. The number of halogens is 1. The van der Waals surface area contributed by atoms with Gasteiger partial charge in [0.25, 0.3) is 0 Å². The van der Waals surface area contributed by atoms with Gasteiger partial charge in [0.2, 0.25) is 10.0 Å². The maximum Gasteiger partial charge on any atom is 0.215 e. The lowest BCUT2D eigenvalue weighted by molar-refractivity contribution is 0.463. The smallest absolute Gasteiger partial charge is 0.215 e. The van der Waals surface area contributed by atoms with Crippen molar-refractivity contribution in [3.05, 3.63) is 52.9 Å². The van der Waals surface area contributed by atoms with Crippen LogP contribution in [0.25, 0.3) is 0 Å². The Bertz CT molecular complexity index is 894. The van der Waals surface area contributed by atoms with Gasteiger partial charge in [0.15, 0.2) is 5.96 Å². The summed E-state index contributed by atoms with van der Waals surface area (Å²) >= 11 is 1.79. The Morgan fingerprint density at radius 2 is 1.83 bits per heavy atom. The van der Waals surface area contributed by atoms with Crippen LogP contribution in [0.15, 0.2) is 46.8 Å². The summed E-state index contributed by atoms with van der Waals surface area (Å²) in [6.45, 7) is 2.73. The van der Waals surface area contributed by atoms with Crippen LogP contribution in [0.5, 0.6) is 0 Å². The third-order valence-corrected chi connectivity index (χ3v) is 7.29. The predicted octanol–water partition coefficient (Wildman–Crippen LogP) is 2.75. The van der Waals surface area contributed by atoms with Gasteiger partial charge in [-0.05, 0) is 48.5 Å². The van der Waals surface area contributed by atoms with Crippen molar-refractivity contribution in [2.24, 2.45) is 4.99 Å². The van der Waals surface area contributed by atoms with Gasteiger partial charge in [-0.1, -0.05) is 24.3 Å². The molecule has 2 aromatic rings. The summed E-state index contributed by atoms with van der Waals surface area (Å²) in [7, 11) is -0.0390. The average molecular weight is 564 g/mol. The standard InChI is InChI=1S/C20H29N5O2S2.HI/c1-21-20(24-18-9-11-25(12-10-18)19-4-3-13-28-19)23-14-16-5-7-17(8-6-16)15-29(26,27)22-2;/h3-8,13,18,22H,9-12,14-15H2,1-2H3,(H2,21,23,24);1H. The SMILES string of the molecule is CN=C(NCc1ccc(CS(=O)(=O)NC)cc1)NC1CCN(c2cccs2)CC1.I. The van der Waals surface area contributed by atoms with Gasteiger partial charge in [0.05, 0.1) is 10.8 Å². The Labute approximate surface area is 200 Å². The fraction of sp³-hybridized carbons (Fsp3) is 0.450. The summed E-state index contributed by atoms with van der Waals surface area (Å²) in [5.41, 5.74) is 1.84. The number of anilines is 1. The molecule has 0 radical (unpaired) electrons. The van der Waals surface area contributed by atoms with Gasteiger partial charge >= 0.3 is 0 Å². The third-order valence-electron chi connectivity index (χ3n) is 5.03. The average Bonchev–Trinajstić information content (AvgIpc) is 3.27. The summed E-state index contributed by atoms with van der Waals surface area (Å²) in [6, 6.07) is 12.3. The number of hydrogen-bond donors (Lipinski definition) is 3. The molecule has 0 spiro atoms. The quantitative estimate of drug-likeness (QED) is 0.274. The van der Waals surface area contributed by atoms with E-state index < -0.39 is 10.0 Å². The Balaban J connectivity index is 0.00000320. The van der Waals surface area contributed by atoms with Crippen LogP contribution in [-0.4, -0.2) is 47.6 Å². The van der Waals surface area contributed by atoms with Crippen molar-refractivity contribution < 1.29 is 8.42 Å². The molecule has 7 nitrogen and oxygen atoms in total. The van der Waals surface area contributed by atoms with Crippen molar-refractivity contribution in [2.75, 3.05) is 32.1 Å². The van der Waals surface area contributed by atoms with Crippen LogP contribution in [0.4, 0.5) is 5.00 Å².